The van der Waals surface area contributed by atoms with Crippen LogP contribution in [0.4, 0.5) is 10.5 Å². The van der Waals surface area contributed by atoms with Gasteiger partial charge in [-0.3, -0.25) is 0 Å². The molecule has 4 heteroatoms. The highest BCUT2D eigenvalue weighted by Crippen LogP contribution is 2.12. The summed E-state index contributed by atoms with van der Waals surface area (Å²) >= 11 is 0. The Hall–Kier alpha value is -1.84. The van der Waals surface area contributed by atoms with E-state index in [9.17, 15) is 4.79 Å². The van der Waals surface area contributed by atoms with Crippen LogP contribution in [0.25, 0.3) is 0 Å². The molecule has 0 aliphatic heterocycles. The van der Waals surface area contributed by atoms with Crippen molar-refractivity contribution >= 4 is 17.4 Å². The molecule has 0 atom stereocenters. The summed E-state index contributed by atoms with van der Waals surface area (Å²) in [4.78, 5) is 11.3. The van der Waals surface area contributed by atoms with Crippen LogP contribution in [0, 0.1) is 6.92 Å². The van der Waals surface area contributed by atoms with Gasteiger partial charge in [0, 0.05) is 11.4 Å². The molecule has 15 heavy (non-hydrogen) atoms. The van der Waals surface area contributed by atoms with Crippen LogP contribution in [-0.2, 0) is 0 Å². The van der Waals surface area contributed by atoms with E-state index in [1.54, 1.807) is 0 Å². The number of aryl methyl sites for hydroxylation is 1. The predicted octanol–water partition coefficient (Wildman–Crippen LogP) is 2.51. The van der Waals surface area contributed by atoms with Gasteiger partial charge >= 0.3 is 6.03 Å². The van der Waals surface area contributed by atoms with Crippen molar-refractivity contribution in [2.45, 2.75) is 20.8 Å². The lowest BCUT2D eigenvalue weighted by atomic mass is 10.2. The molecule has 1 aromatic rings. The number of anilines is 1. The van der Waals surface area contributed by atoms with E-state index in [1.807, 2.05) is 45.0 Å². The third-order valence-electron chi connectivity index (χ3n) is 1.77. The lowest BCUT2D eigenvalue weighted by molar-refractivity contribution is 0.252. The number of amides is 2. The van der Waals surface area contributed by atoms with Gasteiger partial charge in [0.2, 0.25) is 0 Å². The molecule has 0 heterocycles. The maximum absolute atomic E-state index is 11.3. The molecular formula is C11H15N3O. The zero-order chi connectivity index (χ0) is 11.3. The van der Waals surface area contributed by atoms with Crippen molar-refractivity contribution in [3.05, 3.63) is 29.8 Å². The fourth-order valence-electron chi connectivity index (χ4n) is 1.03. The third-order valence-corrected chi connectivity index (χ3v) is 1.77. The summed E-state index contributed by atoms with van der Waals surface area (Å²) in [5.74, 6) is 0. The van der Waals surface area contributed by atoms with Gasteiger partial charge in [0.05, 0.1) is 0 Å². The Morgan fingerprint density at radius 2 is 1.93 bits per heavy atom. The van der Waals surface area contributed by atoms with E-state index in [-0.39, 0.29) is 6.03 Å². The fourth-order valence-corrected chi connectivity index (χ4v) is 1.03. The summed E-state index contributed by atoms with van der Waals surface area (Å²) in [6, 6.07) is 7.25. The van der Waals surface area contributed by atoms with E-state index in [0.717, 1.165) is 17.0 Å². The van der Waals surface area contributed by atoms with E-state index in [0.29, 0.717) is 0 Å². The summed E-state index contributed by atoms with van der Waals surface area (Å²) < 4.78 is 0. The van der Waals surface area contributed by atoms with E-state index >= 15 is 0 Å². The number of hydrogen-bond acceptors (Lipinski definition) is 2. The number of rotatable bonds is 2. The number of para-hydroxylation sites is 1. The summed E-state index contributed by atoms with van der Waals surface area (Å²) in [7, 11) is 0. The van der Waals surface area contributed by atoms with Crippen molar-refractivity contribution in [1.29, 1.82) is 0 Å². The van der Waals surface area contributed by atoms with Crippen LogP contribution in [0.5, 0.6) is 0 Å². The van der Waals surface area contributed by atoms with Gasteiger partial charge in [-0.05, 0) is 32.4 Å². The number of carbonyl (C=O) groups excluding carboxylic acids is 1. The van der Waals surface area contributed by atoms with Crippen molar-refractivity contribution in [2.24, 2.45) is 5.10 Å². The van der Waals surface area contributed by atoms with Crippen LogP contribution in [0.1, 0.15) is 19.4 Å². The van der Waals surface area contributed by atoms with Crippen LogP contribution in [0.2, 0.25) is 0 Å². The Morgan fingerprint density at radius 3 is 2.53 bits per heavy atom. The fraction of sp³-hybridized carbons (Fsp3) is 0.273. The van der Waals surface area contributed by atoms with Gasteiger partial charge in [0.25, 0.3) is 0 Å². The summed E-state index contributed by atoms with van der Waals surface area (Å²) in [5, 5.41) is 6.51. The first-order valence-corrected chi connectivity index (χ1v) is 4.73. The maximum Gasteiger partial charge on any atom is 0.339 e. The molecule has 80 valence electrons. The lowest BCUT2D eigenvalue weighted by Gasteiger charge is -2.06. The Bertz CT molecular complexity index is 381. The minimum atomic E-state index is -0.328. The zero-order valence-corrected chi connectivity index (χ0v) is 9.16. The Morgan fingerprint density at radius 1 is 1.27 bits per heavy atom. The smallest absolute Gasteiger partial charge is 0.306 e. The number of nitrogens with zero attached hydrogens (tertiary/aromatic N) is 1. The van der Waals surface area contributed by atoms with Gasteiger partial charge in [0.15, 0.2) is 0 Å². The second kappa shape index (κ2) is 5.14. The van der Waals surface area contributed by atoms with E-state index in [2.05, 4.69) is 15.8 Å². The lowest BCUT2D eigenvalue weighted by Crippen LogP contribution is -2.25. The second-order valence-corrected chi connectivity index (χ2v) is 3.44. The standard InChI is InChI=1S/C11H15N3O/c1-8(2)13-14-11(15)12-10-7-5-4-6-9(10)3/h4-7H,1-3H3,(H2,12,14,15). The first-order valence-electron chi connectivity index (χ1n) is 4.73. The van der Waals surface area contributed by atoms with E-state index < -0.39 is 0 Å². The SMILES string of the molecule is CC(C)=NNC(=O)Nc1ccccc1C. The molecule has 0 aliphatic rings. The van der Waals surface area contributed by atoms with Crippen molar-refractivity contribution in [3.8, 4) is 0 Å². The molecule has 0 unspecified atom stereocenters. The van der Waals surface area contributed by atoms with Crippen molar-refractivity contribution in [3.63, 3.8) is 0 Å². The number of benzene rings is 1. The highest BCUT2D eigenvalue weighted by molar-refractivity contribution is 5.91. The molecule has 0 saturated heterocycles. The van der Waals surface area contributed by atoms with Crippen molar-refractivity contribution in [1.82, 2.24) is 5.43 Å². The predicted molar refractivity (Wildman–Crippen MR) is 62.1 cm³/mol. The first kappa shape index (κ1) is 11.2. The van der Waals surface area contributed by atoms with Gasteiger partial charge in [-0.2, -0.15) is 5.10 Å². The number of hydrazone groups is 1. The molecule has 0 aromatic heterocycles. The molecule has 2 N–H and O–H groups in total. The normalized spacial score (nSPS) is 9.27. The van der Waals surface area contributed by atoms with Gasteiger partial charge in [-0.25, -0.2) is 10.2 Å². The van der Waals surface area contributed by atoms with Gasteiger partial charge in [0.1, 0.15) is 0 Å². The van der Waals surface area contributed by atoms with Gasteiger partial charge in [-0.1, -0.05) is 18.2 Å². The molecular weight excluding hydrogens is 190 g/mol. The van der Waals surface area contributed by atoms with Crippen LogP contribution in [0.3, 0.4) is 0 Å². The monoisotopic (exact) mass is 205 g/mol. The third kappa shape index (κ3) is 3.81. The number of carbonyl (C=O) groups is 1. The number of urea groups is 1. The molecule has 0 radical (unpaired) electrons. The Kier molecular flexibility index (Phi) is 3.85. The topological polar surface area (TPSA) is 53.5 Å². The Labute approximate surface area is 89.4 Å². The minimum absolute atomic E-state index is 0.328. The maximum atomic E-state index is 11.3. The minimum Gasteiger partial charge on any atom is -0.306 e. The molecule has 0 bridgehead atoms. The molecule has 1 aromatic carbocycles. The molecule has 2 amide bonds. The van der Waals surface area contributed by atoms with Crippen LogP contribution in [0.15, 0.2) is 29.4 Å². The zero-order valence-electron chi connectivity index (χ0n) is 9.16. The summed E-state index contributed by atoms with van der Waals surface area (Å²) in [6.45, 7) is 5.56. The first-order chi connectivity index (χ1) is 7.09. The average molecular weight is 205 g/mol. The van der Waals surface area contributed by atoms with Crippen molar-refractivity contribution in [2.75, 3.05) is 5.32 Å². The summed E-state index contributed by atoms with van der Waals surface area (Å²) in [5.41, 5.74) is 5.01. The van der Waals surface area contributed by atoms with Crippen molar-refractivity contribution < 1.29 is 4.79 Å². The molecule has 4 nitrogen and oxygen atoms in total. The largest absolute Gasteiger partial charge is 0.339 e. The van der Waals surface area contributed by atoms with E-state index in [1.165, 1.54) is 0 Å². The second-order valence-electron chi connectivity index (χ2n) is 3.44. The van der Waals surface area contributed by atoms with Gasteiger partial charge < -0.3 is 5.32 Å². The van der Waals surface area contributed by atoms with E-state index in [4.69, 9.17) is 0 Å². The van der Waals surface area contributed by atoms with Crippen LogP contribution < -0.4 is 10.7 Å². The number of nitrogens with one attached hydrogen (secondary N) is 2. The number of hydrogen-bond donors (Lipinski definition) is 2. The molecule has 0 saturated carbocycles. The molecule has 0 spiro atoms. The molecule has 0 aliphatic carbocycles. The highest BCUT2D eigenvalue weighted by Gasteiger charge is 2.01. The Balaban J connectivity index is 2.59. The van der Waals surface area contributed by atoms with Crippen LogP contribution in [-0.4, -0.2) is 11.7 Å². The quantitative estimate of drug-likeness (QED) is 0.565. The average Bonchev–Trinajstić information content (AvgIpc) is 2.18. The van der Waals surface area contributed by atoms with Gasteiger partial charge in [-0.15, -0.1) is 0 Å². The molecule has 1 rings (SSSR count). The molecule has 0 fully saturated rings. The van der Waals surface area contributed by atoms with Crippen LogP contribution >= 0.6 is 0 Å². The highest BCUT2D eigenvalue weighted by atomic mass is 16.2. The summed E-state index contributed by atoms with van der Waals surface area (Å²) in [6.07, 6.45) is 0.